The SMILES string of the molecule is CCC1=CC(c2ccc(-c3ccn4nncc4c3)cc2O)=NN=C(N2CCC(NC(C)(C)C)C2)C1. The van der Waals surface area contributed by atoms with Crippen LogP contribution in [0.2, 0.25) is 0 Å². The van der Waals surface area contributed by atoms with Gasteiger partial charge in [-0.05, 0) is 75.1 Å². The number of aromatic hydroxyl groups is 1. The lowest BCUT2D eigenvalue weighted by atomic mass is 9.99. The normalized spacial score (nSPS) is 18.9. The second-order valence-electron chi connectivity index (χ2n) is 10.4. The Morgan fingerprint density at radius 3 is 2.71 bits per heavy atom. The molecule has 1 saturated heterocycles. The number of phenolic OH excluding ortho intramolecular Hbond substituents is 1. The van der Waals surface area contributed by atoms with Crippen molar-refractivity contribution < 1.29 is 5.11 Å². The Kier molecular flexibility index (Phi) is 6.15. The monoisotopic (exact) mass is 471 g/mol. The van der Waals surface area contributed by atoms with Gasteiger partial charge in [-0.25, -0.2) is 4.52 Å². The summed E-state index contributed by atoms with van der Waals surface area (Å²) in [6, 6.07) is 10.1. The number of rotatable bonds is 4. The van der Waals surface area contributed by atoms with E-state index in [9.17, 15) is 5.11 Å². The van der Waals surface area contributed by atoms with E-state index < -0.39 is 0 Å². The van der Waals surface area contributed by atoms with Crippen LogP contribution >= 0.6 is 0 Å². The molecule has 1 atom stereocenters. The van der Waals surface area contributed by atoms with Gasteiger partial charge < -0.3 is 15.3 Å². The molecule has 5 rings (SSSR count). The molecule has 3 aromatic rings. The molecule has 2 aromatic heterocycles. The first-order valence-electron chi connectivity index (χ1n) is 12.3. The summed E-state index contributed by atoms with van der Waals surface area (Å²) in [6.07, 6.45) is 8.45. The van der Waals surface area contributed by atoms with E-state index in [1.54, 1.807) is 16.8 Å². The van der Waals surface area contributed by atoms with Crippen LogP contribution in [-0.2, 0) is 0 Å². The Bertz CT molecular complexity index is 1330. The van der Waals surface area contributed by atoms with Gasteiger partial charge in [0, 0.05) is 42.9 Å². The molecule has 0 spiro atoms. The van der Waals surface area contributed by atoms with E-state index in [0.717, 1.165) is 54.8 Å². The summed E-state index contributed by atoms with van der Waals surface area (Å²) in [5.74, 6) is 1.19. The molecule has 2 aliphatic heterocycles. The fourth-order valence-corrected chi connectivity index (χ4v) is 4.82. The quantitative estimate of drug-likeness (QED) is 0.588. The summed E-state index contributed by atoms with van der Waals surface area (Å²) < 4.78 is 1.71. The third-order valence-electron chi connectivity index (χ3n) is 6.55. The third kappa shape index (κ3) is 5.12. The number of phenols is 1. The van der Waals surface area contributed by atoms with Crippen molar-refractivity contribution in [3.8, 4) is 16.9 Å². The van der Waals surface area contributed by atoms with Crippen LogP contribution in [0.25, 0.3) is 16.6 Å². The highest BCUT2D eigenvalue weighted by molar-refractivity contribution is 6.12. The number of benzene rings is 1. The van der Waals surface area contributed by atoms with Crippen LogP contribution < -0.4 is 5.32 Å². The number of hydrogen-bond donors (Lipinski definition) is 2. The molecule has 182 valence electrons. The maximum Gasteiger partial charge on any atom is 0.131 e. The number of nitrogens with zero attached hydrogens (tertiary/aromatic N) is 6. The van der Waals surface area contributed by atoms with E-state index >= 15 is 0 Å². The predicted octanol–water partition coefficient (Wildman–Crippen LogP) is 4.41. The molecule has 1 fully saturated rings. The van der Waals surface area contributed by atoms with E-state index in [0.29, 0.717) is 17.3 Å². The molecule has 2 N–H and O–H groups in total. The lowest BCUT2D eigenvalue weighted by molar-refractivity contribution is 0.359. The highest BCUT2D eigenvalue weighted by Crippen LogP contribution is 2.29. The maximum atomic E-state index is 10.9. The van der Waals surface area contributed by atoms with Crippen molar-refractivity contribution in [1.82, 2.24) is 25.0 Å². The van der Waals surface area contributed by atoms with Gasteiger partial charge in [-0.3, -0.25) is 0 Å². The molecule has 0 radical (unpaired) electrons. The van der Waals surface area contributed by atoms with Gasteiger partial charge in [0.1, 0.15) is 11.6 Å². The van der Waals surface area contributed by atoms with Crippen LogP contribution in [-0.4, -0.2) is 61.1 Å². The molecule has 0 amide bonds. The van der Waals surface area contributed by atoms with Crippen LogP contribution in [0.15, 0.2) is 64.6 Å². The zero-order valence-electron chi connectivity index (χ0n) is 20.9. The lowest BCUT2D eigenvalue weighted by Gasteiger charge is -2.26. The molecule has 0 aliphatic carbocycles. The van der Waals surface area contributed by atoms with E-state index in [1.807, 2.05) is 30.5 Å². The second-order valence-corrected chi connectivity index (χ2v) is 10.4. The van der Waals surface area contributed by atoms with Crippen molar-refractivity contribution >= 4 is 17.1 Å². The minimum absolute atomic E-state index is 0.0942. The van der Waals surface area contributed by atoms with Crippen LogP contribution in [0.5, 0.6) is 5.75 Å². The highest BCUT2D eigenvalue weighted by atomic mass is 16.3. The Morgan fingerprint density at radius 2 is 1.94 bits per heavy atom. The molecule has 2 aliphatic rings. The minimum Gasteiger partial charge on any atom is -0.507 e. The van der Waals surface area contributed by atoms with E-state index in [-0.39, 0.29) is 11.3 Å². The van der Waals surface area contributed by atoms with Crippen molar-refractivity contribution in [2.75, 3.05) is 13.1 Å². The molecule has 1 aromatic carbocycles. The summed E-state index contributed by atoms with van der Waals surface area (Å²) in [4.78, 5) is 2.35. The van der Waals surface area contributed by atoms with Gasteiger partial charge in [0.2, 0.25) is 0 Å². The first-order valence-corrected chi connectivity index (χ1v) is 12.3. The van der Waals surface area contributed by atoms with Crippen LogP contribution in [0, 0.1) is 0 Å². The van der Waals surface area contributed by atoms with Gasteiger partial charge in [0.05, 0.1) is 17.4 Å². The summed E-state index contributed by atoms with van der Waals surface area (Å²) in [5, 5.41) is 31.8. The van der Waals surface area contributed by atoms with Crippen molar-refractivity contribution in [3.05, 3.63) is 59.9 Å². The number of fused-ring (bicyclic) bond motifs is 1. The first-order chi connectivity index (χ1) is 16.8. The molecule has 8 heteroatoms. The van der Waals surface area contributed by atoms with Gasteiger partial charge in [-0.1, -0.05) is 23.8 Å². The molecule has 0 saturated carbocycles. The van der Waals surface area contributed by atoms with E-state index in [2.05, 4.69) is 64.5 Å². The Balaban J connectivity index is 1.40. The molecular weight excluding hydrogens is 438 g/mol. The largest absolute Gasteiger partial charge is 0.507 e. The minimum atomic E-state index is 0.0942. The number of aromatic nitrogens is 3. The zero-order valence-corrected chi connectivity index (χ0v) is 20.9. The lowest BCUT2D eigenvalue weighted by Crippen LogP contribution is -2.45. The topological polar surface area (TPSA) is 90.4 Å². The molecule has 8 nitrogen and oxygen atoms in total. The molecule has 0 bridgehead atoms. The molecule has 4 heterocycles. The summed E-state index contributed by atoms with van der Waals surface area (Å²) in [5.41, 5.74) is 5.54. The number of allylic oxidation sites excluding steroid dienone is 1. The van der Waals surface area contributed by atoms with Crippen molar-refractivity contribution in [2.45, 2.75) is 58.5 Å². The summed E-state index contributed by atoms with van der Waals surface area (Å²) >= 11 is 0. The number of likely N-dealkylation sites (tertiary alicyclic amines) is 1. The molecule has 1 unspecified atom stereocenters. The standard InChI is InChI=1S/C27H33N7O/c1-5-18-12-24(30-31-26(13-18)33-10-9-21(17-33)29-27(2,3)4)23-7-6-19(15-25(23)35)20-8-11-34-22(14-20)16-28-32-34/h6-8,11-12,14-16,21,29,35H,5,9-10,13,17H2,1-4H3. The van der Waals surface area contributed by atoms with Gasteiger partial charge in [-0.15, -0.1) is 15.3 Å². The number of nitrogens with one attached hydrogen (secondary N) is 1. The van der Waals surface area contributed by atoms with Crippen LogP contribution in [0.1, 0.15) is 52.5 Å². The summed E-state index contributed by atoms with van der Waals surface area (Å²) in [7, 11) is 0. The van der Waals surface area contributed by atoms with Crippen molar-refractivity contribution in [3.63, 3.8) is 0 Å². The highest BCUT2D eigenvalue weighted by Gasteiger charge is 2.28. The van der Waals surface area contributed by atoms with Crippen LogP contribution in [0.3, 0.4) is 0 Å². The zero-order chi connectivity index (χ0) is 24.6. The first kappa shape index (κ1) is 23.2. The second kappa shape index (κ2) is 9.26. The maximum absolute atomic E-state index is 10.9. The van der Waals surface area contributed by atoms with Crippen molar-refractivity contribution in [1.29, 1.82) is 0 Å². The Labute approximate surface area is 206 Å². The van der Waals surface area contributed by atoms with E-state index in [4.69, 9.17) is 0 Å². The fraction of sp³-hybridized carbons (Fsp3) is 0.407. The smallest absolute Gasteiger partial charge is 0.131 e. The van der Waals surface area contributed by atoms with Gasteiger partial charge in [0.25, 0.3) is 0 Å². The van der Waals surface area contributed by atoms with Crippen molar-refractivity contribution in [2.24, 2.45) is 10.2 Å². The number of pyridine rings is 1. The van der Waals surface area contributed by atoms with Crippen LogP contribution in [0.4, 0.5) is 0 Å². The summed E-state index contributed by atoms with van der Waals surface area (Å²) in [6.45, 7) is 10.7. The fourth-order valence-electron chi connectivity index (χ4n) is 4.82. The predicted molar refractivity (Wildman–Crippen MR) is 140 cm³/mol. The molecule has 35 heavy (non-hydrogen) atoms. The van der Waals surface area contributed by atoms with Gasteiger partial charge in [0.15, 0.2) is 0 Å². The average molecular weight is 472 g/mol. The van der Waals surface area contributed by atoms with Gasteiger partial charge >= 0.3 is 0 Å². The third-order valence-corrected chi connectivity index (χ3v) is 6.55. The number of amidine groups is 1. The number of hydrogen-bond acceptors (Lipinski definition) is 7. The molecular formula is C27H33N7O. The van der Waals surface area contributed by atoms with E-state index in [1.165, 1.54) is 5.57 Å². The Morgan fingerprint density at radius 1 is 1.11 bits per heavy atom. The van der Waals surface area contributed by atoms with Gasteiger partial charge in [-0.2, -0.15) is 0 Å². The average Bonchev–Trinajstić information content (AvgIpc) is 3.42. The Hall–Kier alpha value is -3.52.